The third-order valence-electron chi connectivity index (χ3n) is 9.58. The molecule has 51 heavy (non-hydrogen) atoms. The van der Waals surface area contributed by atoms with E-state index in [9.17, 15) is 0 Å². The van der Waals surface area contributed by atoms with Crippen LogP contribution in [0.2, 0.25) is 0 Å². The van der Waals surface area contributed by atoms with Gasteiger partial charge in [-0.05, 0) is 67.8 Å². The third kappa shape index (κ3) is 5.85. The Bertz CT molecular complexity index is 2570. The summed E-state index contributed by atoms with van der Waals surface area (Å²) in [6, 6.07) is 57.4. The number of fused-ring (bicyclic) bond motifs is 2. The van der Waals surface area contributed by atoms with E-state index in [-0.39, 0.29) is 0 Å². The lowest BCUT2D eigenvalue weighted by molar-refractivity contribution is 1.08. The quantitative estimate of drug-likeness (QED) is 0.180. The van der Waals surface area contributed by atoms with Crippen LogP contribution in [0.5, 0.6) is 0 Å². The monoisotopic (exact) mass is 651 g/mol. The Morgan fingerprint density at radius 3 is 1.53 bits per heavy atom. The summed E-state index contributed by atoms with van der Waals surface area (Å²) in [7, 11) is 0. The molecule has 7 aromatic carbocycles. The molecular weight excluding hydrogens is 619 g/mol. The molecule has 0 radical (unpaired) electrons. The van der Waals surface area contributed by atoms with Crippen molar-refractivity contribution in [1.82, 2.24) is 15.0 Å². The Balaban J connectivity index is 1.30. The number of hydrogen-bond donors (Lipinski definition) is 0. The van der Waals surface area contributed by atoms with Gasteiger partial charge in [0.25, 0.3) is 0 Å². The highest BCUT2D eigenvalue weighted by Gasteiger charge is 2.21. The van der Waals surface area contributed by atoms with Crippen LogP contribution in [-0.2, 0) is 0 Å². The highest BCUT2D eigenvalue weighted by Crippen LogP contribution is 2.40. The highest BCUT2D eigenvalue weighted by atomic mass is 15.0. The van der Waals surface area contributed by atoms with Gasteiger partial charge < -0.3 is 0 Å². The van der Waals surface area contributed by atoms with E-state index in [0.29, 0.717) is 17.5 Å². The summed E-state index contributed by atoms with van der Waals surface area (Å²) >= 11 is 0. The molecule has 0 N–H and O–H groups in total. The molecule has 1 aliphatic carbocycles. The van der Waals surface area contributed by atoms with E-state index in [2.05, 4.69) is 182 Å². The van der Waals surface area contributed by atoms with Crippen molar-refractivity contribution in [2.75, 3.05) is 0 Å². The van der Waals surface area contributed by atoms with Gasteiger partial charge in [0.15, 0.2) is 17.5 Å². The number of rotatable bonds is 6. The molecule has 0 spiro atoms. The van der Waals surface area contributed by atoms with E-state index in [1.807, 2.05) is 6.07 Å². The number of aromatic nitrogens is 3. The second kappa shape index (κ2) is 13.3. The molecule has 0 bridgehead atoms. The van der Waals surface area contributed by atoms with Crippen molar-refractivity contribution in [2.24, 2.45) is 0 Å². The van der Waals surface area contributed by atoms with Crippen LogP contribution in [0.3, 0.4) is 0 Å². The molecule has 0 amide bonds. The summed E-state index contributed by atoms with van der Waals surface area (Å²) in [5.74, 6) is 1.92. The summed E-state index contributed by atoms with van der Waals surface area (Å²) in [5, 5.41) is 2.25. The molecule has 3 nitrogen and oxygen atoms in total. The maximum Gasteiger partial charge on any atom is 0.165 e. The number of hydrogen-bond acceptors (Lipinski definition) is 3. The van der Waals surface area contributed by atoms with Gasteiger partial charge in [-0.15, -0.1) is 0 Å². The molecule has 1 aliphatic rings. The first-order valence-corrected chi connectivity index (χ1v) is 17.4. The number of benzene rings is 7. The van der Waals surface area contributed by atoms with Crippen LogP contribution in [-0.4, -0.2) is 15.0 Å². The molecule has 8 aromatic rings. The van der Waals surface area contributed by atoms with Crippen LogP contribution in [0.4, 0.5) is 0 Å². The molecule has 0 saturated heterocycles. The van der Waals surface area contributed by atoms with Crippen LogP contribution >= 0.6 is 0 Å². The molecule has 240 valence electrons. The largest absolute Gasteiger partial charge is 0.208 e. The topological polar surface area (TPSA) is 38.7 Å². The first-order chi connectivity index (χ1) is 25.3. The van der Waals surface area contributed by atoms with Gasteiger partial charge in [0, 0.05) is 16.7 Å². The van der Waals surface area contributed by atoms with Crippen molar-refractivity contribution in [1.29, 1.82) is 0 Å². The molecule has 3 heteroatoms. The number of nitrogens with zero attached hydrogens (tertiary/aromatic N) is 3. The fourth-order valence-electron chi connectivity index (χ4n) is 7.06. The standard InChI is InChI=1S/C48H33N3/c1-5-15-33(16-6-1)34-25-27-38(28-26-34)46-49-47(44-32-31-39(35-17-7-2-8-18-35)42-23-13-14-24-43(42)44)51-48(50-46)45-40-22-12-4-11-21-37(40)29-30-41(45)36-19-9-3-10-20-36/h1-3,5-32H,4H2. The van der Waals surface area contributed by atoms with Crippen molar-refractivity contribution in [3.05, 3.63) is 187 Å². The Hall–Kier alpha value is -6.71. The summed E-state index contributed by atoms with van der Waals surface area (Å²) in [4.78, 5) is 15.9. The average Bonchev–Trinajstić information content (AvgIpc) is 3.47. The van der Waals surface area contributed by atoms with E-state index in [1.165, 1.54) is 16.7 Å². The lowest BCUT2D eigenvalue weighted by Crippen LogP contribution is -2.03. The van der Waals surface area contributed by atoms with Crippen molar-refractivity contribution in [3.8, 4) is 67.5 Å². The second-order valence-electron chi connectivity index (χ2n) is 12.7. The smallest absolute Gasteiger partial charge is 0.165 e. The van der Waals surface area contributed by atoms with Gasteiger partial charge >= 0.3 is 0 Å². The summed E-state index contributed by atoms with van der Waals surface area (Å²) in [6.45, 7) is 0. The molecule has 0 atom stereocenters. The van der Waals surface area contributed by atoms with Crippen LogP contribution in [0.25, 0.3) is 90.5 Å². The lowest BCUT2D eigenvalue weighted by Gasteiger charge is -2.17. The van der Waals surface area contributed by atoms with E-state index >= 15 is 0 Å². The van der Waals surface area contributed by atoms with E-state index in [1.54, 1.807) is 0 Å². The molecule has 0 aliphatic heterocycles. The molecule has 0 saturated carbocycles. The zero-order valence-electron chi connectivity index (χ0n) is 27.9. The molecule has 9 rings (SSSR count). The third-order valence-corrected chi connectivity index (χ3v) is 9.58. The van der Waals surface area contributed by atoms with Gasteiger partial charge in [0.05, 0.1) is 0 Å². The predicted octanol–water partition coefficient (Wildman–Crippen LogP) is 12.5. The second-order valence-corrected chi connectivity index (χ2v) is 12.7. The minimum absolute atomic E-state index is 0.635. The fraction of sp³-hybridized carbons (Fsp3) is 0.0208. The van der Waals surface area contributed by atoms with Crippen LogP contribution in [0.1, 0.15) is 17.5 Å². The maximum atomic E-state index is 5.36. The predicted molar refractivity (Wildman–Crippen MR) is 213 cm³/mol. The van der Waals surface area contributed by atoms with Gasteiger partial charge in [-0.1, -0.05) is 182 Å². The Morgan fingerprint density at radius 2 is 0.824 bits per heavy atom. The van der Waals surface area contributed by atoms with Crippen LogP contribution < -0.4 is 0 Å². The van der Waals surface area contributed by atoms with E-state index < -0.39 is 0 Å². The summed E-state index contributed by atoms with van der Waals surface area (Å²) in [5.41, 5.74) is 12.0. The Kier molecular flexibility index (Phi) is 7.92. The minimum atomic E-state index is 0.635. The van der Waals surface area contributed by atoms with Crippen molar-refractivity contribution in [2.45, 2.75) is 6.42 Å². The van der Waals surface area contributed by atoms with Crippen LogP contribution in [0.15, 0.2) is 176 Å². The lowest BCUT2D eigenvalue weighted by atomic mass is 9.91. The van der Waals surface area contributed by atoms with Crippen molar-refractivity contribution >= 4 is 22.9 Å². The molecule has 1 aromatic heterocycles. The first-order valence-electron chi connectivity index (χ1n) is 17.4. The normalized spacial score (nSPS) is 12.1. The zero-order valence-corrected chi connectivity index (χ0v) is 27.9. The molecule has 0 fully saturated rings. The summed E-state index contributed by atoms with van der Waals surface area (Å²) < 4.78 is 0. The van der Waals surface area contributed by atoms with Gasteiger partial charge in [-0.3, -0.25) is 0 Å². The van der Waals surface area contributed by atoms with Crippen molar-refractivity contribution in [3.63, 3.8) is 0 Å². The maximum absolute atomic E-state index is 5.36. The van der Waals surface area contributed by atoms with Crippen LogP contribution in [0, 0.1) is 0 Å². The van der Waals surface area contributed by atoms with E-state index in [4.69, 9.17) is 15.0 Å². The average molecular weight is 652 g/mol. The molecular formula is C48H33N3. The summed E-state index contributed by atoms with van der Waals surface area (Å²) in [6.07, 6.45) is 9.71. The fourth-order valence-corrected chi connectivity index (χ4v) is 7.06. The SMILES string of the molecule is C1=Cc2ccc(-c3ccccc3)c(-c3nc(-c4ccc(-c5ccccc5)cc4)nc(-c4ccc(-c5ccccc5)c5ccccc45)n3)c2C=CC1. The Labute approximate surface area is 298 Å². The minimum Gasteiger partial charge on any atom is -0.208 e. The van der Waals surface area contributed by atoms with Gasteiger partial charge in [-0.25, -0.2) is 15.0 Å². The molecule has 1 heterocycles. The Morgan fingerprint density at radius 1 is 0.333 bits per heavy atom. The van der Waals surface area contributed by atoms with Gasteiger partial charge in [0.2, 0.25) is 0 Å². The molecule has 0 unspecified atom stereocenters. The first kappa shape index (κ1) is 30.4. The van der Waals surface area contributed by atoms with Gasteiger partial charge in [0.1, 0.15) is 0 Å². The highest BCUT2D eigenvalue weighted by molar-refractivity contribution is 6.04. The van der Waals surface area contributed by atoms with Gasteiger partial charge in [-0.2, -0.15) is 0 Å². The zero-order chi connectivity index (χ0) is 34.0. The number of allylic oxidation sites excluding steroid dienone is 2. The van der Waals surface area contributed by atoms with E-state index in [0.717, 1.165) is 61.7 Å². The van der Waals surface area contributed by atoms with Crippen molar-refractivity contribution < 1.29 is 0 Å².